The van der Waals surface area contributed by atoms with E-state index in [9.17, 15) is 22.8 Å². The van der Waals surface area contributed by atoms with Gasteiger partial charge in [0.15, 0.2) is 6.73 Å². The Labute approximate surface area is 184 Å². The Bertz CT molecular complexity index is 1270. The SMILES string of the molecule is CN(c1ccccc1)S(=O)(=O)c1ccc(C(=O)OCN2C(=O)c3ccccc3C2=O)cc1. The molecule has 0 N–H and O–H groups in total. The minimum Gasteiger partial charge on any atom is -0.440 e. The molecule has 0 saturated carbocycles. The lowest BCUT2D eigenvalue weighted by atomic mass is 10.1. The molecule has 0 aliphatic carbocycles. The van der Waals surface area contributed by atoms with Gasteiger partial charge in [-0.3, -0.25) is 13.9 Å². The molecule has 1 aliphatic heterocycles. The van der Waals surface area contributed by atoms with E-state index in [0.29, 0.717) is 5.69 Å². The zero-order valence-corrected chi connectivity index (χ0v) is 17.8. The van der Waals surface area contributed by atoms with Gasteiger partial charge in [-0.2, -0.15) is 0 Å². The van der Waals surface area contributed by atoms with Gasteiger partial charge in [0.1, 0.15) is 0 Å². The normalized spacial score (nSPS) is 13.1. The average Bonchev–Trinajstić information content (AvgIpc) is 3.07. The van der Waals surface area contributed by atoms with Crippen molar-refractivity contribution >= 4 is 33.5 Å². The Balaban J connectivity index is 1.44. The number of benzene rings is 3. The fourth-order valence-electron chi connectivity index (χ4n) is 3.26. The second-order valence-electron chi connectivity index (χ2n) is 6.98. The van der Waals surface area contributed by atoms with Crippen LogP contribution in [-0.2, 0) is 14.8 Å². The Hall–Kier alpha value is -3.98. The van der Waals surface area contributed by atoms with Crippen molar-refractivity contribution in [2.24, 2.45) is 0 Å². The molecule has 32 heavy (non-hydrogen) atoms. The van der Waals surface area contributed by atoms with Crippen molar-refractivity contribution in [2.75, 3.05) is 18.1 Å². The van der Waals surface area contributed by atoms with Crippen LogP contribution in [0.1, 0.15) is 31.1 Å². The monoisotopic (exact) mass is 450 g/mol. The summed E-state index contributed by atoms with van der Waals surface area (Å²) in [4.78, 5) is 37.9. The molecule has 0 fully saturated rings. The van der Waals surface area contributed by atoms with Gasteiger partial charge >= 0.3 is 5.97 Å². The maximum absolute atomic E-state index is 12.8. The lowest BCUT2D eigenvalue weighted by molar-refractivity contribution is 0.0228. The van der Waals surface area contributed by atoms with Crippen molar-refractivity contribution in [1.29, 1.82) is 0 Å². The summed E-state index contributed by atoms with van der Waals surface area (Å²) in [6.07, 6.45) is 0. The summed E-state index contributed by atoms with van der Waals surface area (Å²) in [6, 6.07) is 20.2. The fourth-order valence-corrected chi connectivity index (χ4v) is 4.46. The lowest BCUT2D eigenvalue weighted by Gasteiger charge is -2.19. The molecule has 0 bridgehead atoms. The quantitative estimate of drug-likeness (QED) is 0.423. The van der Waals surface area contributed by atoms with Crippen LogP contribution in [0.25, 0.3) is 0 Å². The summed E-state index contributed by atoms with van der Waals surface area (Å²) in [5.74, 6) is -1.87. The molecule has 3 aromatic rings. The van der Waals surface area contributed by atoms with Crippen LogP contribution in [0.3, 0.4) is 0 Å². The molecule has 162 valence electrons. The maximum atomic E-state index is 12.8. The Morgan fingerprint density at radius 3 is 1.94 bits per heavy atom. The molecule has 1 aliphatic rings. The summed E-state index contributed by atoms with van der Waals surface area (Å²) in [6.45, 7) is -0.540. The van der Waals surface area contributed by atoms with E-state index in [2.05, 4.69) is 0 Å². The van der Waals surface area contributed by atoms with Gasteiger partial charge < -0.3 is 4.74 Å². The summed E-state index contributed by atoms with van der Waals surface area (Å²) < 4.78 is 31.9. The molecule has 0 atom stereocenters. The average molecular weight is 450 g/mol. The maximum Gasteiger partial charge on any atom is 0.339 e. The third-order valence-electron chi connectivity index (χ3n) is 5.07. The standard InChI is InChI=1S/C23H18N2O6S/c1-24(17-7-3-2-4-8-17)32(29,30)18-13-11-16(12-14-18)23(28)31-15-25-21(26)19-9-5-6-10-20(19)22(25)27/h2-14H,15H2,1H3. The number of hydrogen-bond donors (Lipinski definition) is 0. The third kappa shape index (κ3) is 3.74. The van der Waals surface area contributed by atoms with E-state index in [1.54, 1.807) is 42.5 Å². The highest BCUT2D eigenvalue weighted by molar-refractivity contribution is 7.92. The van der Waals surface area contributed by atoms with Crippen LogP contribution >= 0.6 is 0 Å². The van der Waals surface area contributed by atoms with Crippen LogP contribution in [0.5, 0.6) is 0 Å². The van der Waals surface area contributed by atoms with E-state index in [1.165, 1.54) is 43.4 Å². The second kappa shape index (κ2) is 8.27. The van der Waals surface area contributed by atoms with Crippen molar-refractivity contribution < 1.29 is 27.5 Å². The molecule has 0 saturated heterocycles. The largest absolute Gasteiger partial charge is 0.440 e. The van der Waals surface area contributed by atoms with Crippen LogP contribution in [0.4, 0.5) is 5.69 Å². The summed E-state index contributed by atoms with van der Waals surface area (Å²) in [5, 5.41) is 0. The molecule has 0 spiro atoms. The Kier molecular flexibility index (Phi) is 5.50. The molecule has 3 aromatic carbocycles. The van der Waals surface area contributed by atoms with Crippen LogP contribution < -0.4 is 4.31 Å². The summed E-state index contributed by atoms with van der Waals surface area (Å²) >= 11 is 0. The van der Waals surface area contributed by atoms with E-state index in [4.69, 9.17) is 4.74 Å². The molecule has 0 radical (unpaired) electrons. The molecule has 1 heterocycles. The van der Waals surface area contributed by atoms with Crippen LogP contribution in [0, 0.1) is 0 Å². The number of fused-ring (bicyclic) bond motifs is 1. The zero-order chi connectivity index (χ0) is 22.9. The Morgan fingerprint density at radius 2 is 1.38 bits per heavy atom. The number of rotatable bonds is 6. The first-order chi connectivity index (χ1) is 15.3. The smallest absolute Gasteiger partial charge is 0.339 e. The molecular formula is C23H18N2O6S. The third-order valence-corrected chi connectivity index (χ3v) is 6.87. The highest BCUT2D eigenvalue weighted by atomic mass is 32.2. The van der Waals surface area contributed by atoms with Crippen molar-refractivity contribution in [3.05, 3.63) is 95.6 Å². The first-order valence-electron chi connectivity index (χ1n) is 9.57. The molecule has 0 aromatic heterocycles. The van der Waals surface area contributed by atoms with Gasteiger partial charge in [-0.25, -0.2) is 18.1 Å². The minimum atomic E-state index is -3.82. The number of amides is 2. The zero-order valence-electron chi connectivity index (χ0n) is 17.0. The number of imide groups is 1. The predicted octanol–water partition coefficient (Wildman–Crippen LogP) is 2.92. The molecule has 0 unspecified atom stereocenters. The summed E-state index contributed by atoms with van der Waals surface area (Å²) in [7, 11) is -2.38. The van der Waals surface area contributed by atoms with Gasteiger partial charge in [-0.1, -0.05) is 30.3 Å². The van der Waals surface area contributed by atoms with E-state index in [1.807, 2.05) is 0 Å². The van der Waals surface area contributed by atoms with Crippen molar-refractivity contribution in [1.82, 2.24) is 4.90 Å². The first kappa shape index (κ1) is 21.3. The van der Waals surface area contributed by atoms with E-state index >= 15 is 0 Å². The van der Waals surface area contributed by atoms with Gasteiger partial charge in [0, 0.05) is 7.05 Å². The van der Waals surface area contributed by atoms with Gasteiger partial charge in [0.05, 0.1) is 27.3 Å². The highest BCUT2D eigenvalue weighted by Crippen LogP contribution is 2.24. The molecule has 2 amide bonds. The molecule has 8 nitrogen and oxygen atoms in total. The minimum absolute atomic E-state index is 0.000695. The van der Waals surface area contributed by atoms with Crippen LogP contribution in [-0.4, -0.2) is 44.9 Å². The number of anilines is 1. The van der Waals surface area contributed by atoms with E-state index in [-0.39, 0.29) is 21.6 Å². The number of sulfonamides is 1. The van der Waals surface area contributed by atoms with E-state index < -0.39 is 34.5 Å². The molecule has 9 heteroatoms. The van der Waals surface area contributed by atoms with Gasteiger partial charge in [0.25, 0.3) is 21.8 Å². The van der Waals surface area contributed by atoms with Crippen molar-refractivity contribution in [3.8, 4) is 0 Å². The number of carbonyl (C=O) groups excluding carboxylic acids is 3. The second-order valence-corrected chi connectivity index (χ2v) is 8.95. The molecular weight excluding hydrogens is 432 g/mol. The number of para-hydroxylation sites is 1. The predicted molar refractivity (Wildman–Crippen MR) is 116 cm³/mol. The van der Waals surface area contributed by atoms with Crippen molar-refractivity contribution in [2.45, 2.75) is 4.90 Å². The number of ether oxygens (including phenoxy) is 1. The van der Waals surface area contributed by atoms with Gasteiger partial charge in [-0.05, 0) is 48.5 Å². The van der Waals surface area contributed by atoms with Crippen molar-refractivity contribution in [3.63, 3.8) is 0 Å². The number of esters is 1. The number of nitrogens with zero attached hydrogens (tertiary/aromatic N) is 2. The number of carbonyl (C=O) groups is 3. The fraction of sp³-hybridized carbons (Fsp3) is 0.0870. The topological polar surface area (TPSA) is 101 Å². The first-order valence-corrected chi connectivity index (χ1v) is 11.0. The van der Waals surface area contributed by atoms with Gasteiger partial charge in [-0.15, -0.1) is 0 Å². The highest BCUT2D eigenvalue weighted by Gasteiger charge is 2.35. The Morgan fingerprint density at radius 1 is 0.844 bits per heavy atom. The van der Waals surface area contributed by atoms with Gasteiger partial charge in [0.2, 0.25) is 0 Å². The van der Waals surface area contributed by atoms with Crippen LogP contribution in [0.2, 0.25) is 0 Å². The number of hydrogen-bond acceptors (Lipinski definition) is 6. The molecule has 4 rings (SSSR count). The summed E-state index contributed by atoms with van der Waals surface area (Å²) in [5.41, 5.74) is 1.09. The van der Waals surface area contributed by atoms with E-state index in [0.717, 1.165) is 9.21 Å². The lowest BCUT2D eigenvalue weighted by Crippen LogP contribution is -2.33. The van der Waals surface area contributed by atoms with Crippen LogP contribution in [0.15, 0.2) is 83.8 Å².